The summed E-state index contributed by atoms with van der Waals surface area (Å²) < 4.78 is 5.86. The molecule has 0 spiro atoms. The van der Waals surface area contributed by atoms with Gasteiger partial charge in [0.25, 0.3) is 0 Å². The predicted molar refractivity (Wildman–Crippen MR) is 53.9 cm³/mol. The minimum Gasteiger partial charge on any atom is -0.490 e. The Balaban J connectivity index is 1.90. The van der Waals surface area contributed by atoms with Gasteiger partial charge < -0.3 is 4.74 Å². The fourth-order valence-electron chi connectivity index (χ4n) is 1.87. The van der Waals surface area contributed by atoms with Gasteiger partial charge in [0, 0.05) is 0 Å². The van der Waals surface area contributed by atoms with Crippen molar-refractivity contribution < 1.29 is 4.74 Å². The van der Waals surface area contributed by atoms with E-state index in [-0.39, 0.29) is 0 Å². The standard InChI is InChI=1S/C12H16O/c1-3-7-11(8-4-1)13-12-9-5-2-6-10-12/h1,3-4,7-8,12H,2,5-6,9-10H2. The Labute approximate surface area is 79.7 Å². The van der Waals surface area contributed by atoms with Crippen LogP contribution in [0.2, 0.25) is 0 Å². The van der Waals surface area contributed by atoms with E-state index in [1.54, 1.807) is 0 Å². The normalized spacial score (nSPS) is 18.5. The van der Waals surface area contributed by atoms with Crippen LogP contribution in [0, 0.1) is 0 Å². The molecule has 0 bridgehead atoms. The minimum atomic E-state index is 0.469. The lowest BCUT2D eigenvalue weighted by molar-refractivity contribution is 0.155. The van der Waals surface area contributed by atoms with E-state index >= 15 is 0 Å². The molecular weight excluding hydrogens is 160 g/mol. The molecule has 1 fully saturated rings. The SMILES string of the molecule is c1ccc(OC2CCCCC2)cc1. The maximum atomic E-state index is 5.86. The summed E-state index contributed by atoms with van der Waals surface area (Å²) in [4.78, 5) is 0. The highest BCUT2D eigenvalue weighted by atomic mass is 16.5. The minimum absolute atomic E-state index is 0.469. The molecule has 0 N–H and O–H groups in total. The summed E-state index contributed by atoms with van der Waals surface area (Å²) in [5.74, 6) is 1.02. The highest BCUT2D eigenvalue weighted by Gasteiger charge is 2.14. The first-order chi connectivity index (χ1) is 6.45. The quantitative estimate of drug-likeness (QED) is 0.671. The Hall–Kier alpha value is -0.980. The van der Waals surface area contributed by atoms with Crippen molar-refractivity contribution in [1.82, 2.24) is 0 Å². The van der Waals surface area contributed by atoms with E-state index in [4.69, 9.17) is 4.74 Å². The zero-order chi connectivity index (χ0) is 8.93. The molecule has 0 saturated heterocycles. The van der Waals surface area contributed by atoms with Crippen LogP contribution in [0.15, 0.2) is 30.3 Å². The Morgan fingerprint density at radius 1 is 0.923 bits per heavy atom. The van der Waals surface area contributed by atoms with E-state index in [9.17, 15) is 0 Å². The van der Waals surface area contributed by atoms with E-state index < -0.39 is 0 Å². The molecule has 1 aromatic carbocycles. The van der Waals surface area contributed by atoms with Crippen LogP contribution >= 0.6 is 0 Å². The van der Waals surface area contributed by atoms with Crippen LogP contribution in [-0.4, -0.2) is 6.10 Å². The average molecular weight is 176 g/mol. The van der Waals surface area contributed by atoms with E-state index in [0.29, 0.717) is 6.10 Å². The maximum Gasteiger partial charge on any atom is 0.119 e. The molecule has 1 aromatic rings. The van der Waals surface area contributed by atoms with Crippen molar-refractivity contribution in [3.8, 4) is 5.75 Å². The van der Waals surface area contributed by atoms with Gasteiger partial charge in [-0.1, -0.05) is 24.6 Å². The van der Waals surface area contributed by atoms with Gasteiger partial charge in [0.15, 0.2) is 0 Å². The second-order valence-electron chi connectivity index (χ2n) is 3.69. The van der Waals surface area contributed by atoms with Gasteiger partial charge >= 0.3 is 0 Å². The highest BCUT2D eigenvalue weighted by Crippen LogP contribution is 2.22. The summed E-state index contributed by atoms with van der Waals surface area (Å²) in [7, 11) is 0. The molecule has 2 rings (SSSR count). The molecule has 0 unspecified atom stereocenters. The first-order valence-corrected chi connectivity index (χ1v) is 5.17. The van der Waals surface area contributed by atoms with Gasteiger partial charge in [-0.25, -0.2) is 0 Å². The zero-order valence-corrected chi connectivity index (χ0v) is 7.91. The molecule has 0 heterocycles. The van der Waals surface area contributed by atoms with Crippen molar-refractivity contribution in [2.24, 2.45) is 0 Å². The fraction of sp³-hybridized carbons (Fsp3) is 0.500. The van der Waals surface area contributed by atoms with E-state index in [0.717, 1.165) is 5.75 Å². The first-order valence-electron chi connectivity index (χ1n) is 5.17. The Morgan fingerprint density at radius 2 is 1.62 bits per heavy atom. The number of benzene rings is 1. The van der Waals surface area contributed by atoms with E-state index in [2.05, 4.69) is 0 Å². The third kappa shape index (κ3) is 2.48. The number of hydrogen-bond donors (Lipinski definition) is 0. The van der Waals surface area contributed by atoms with Gasteiger partial charge in [-0.2, -0.15) is 0 Å². The largest absolute Gasteiger partial charge is 0.490 e. The summed E-state index contributed by atoms with van der Waals surface area (Å²) in [6.07, 6.45) is 6.98. The highest BCUT2D eigenvalue weighted by molar-refractivity contribution is 5.21. The molecule has 1 aliphatic carbocycles. The average Bonchev–Trinajstić information content (AvgIpc) is 2.21. The van der Waals surface area contributed by atoms with Crippen LogP contribution < -0.4 is 4.74 Å². The lowest BCUT2D eigenvalue weighted by Gasteiger charge is -2.22. The van der Waals surface area contributed by atoms with Gasteiger partial charge in [0.1, 0.15) is 5.75 Å². The smallest absolute Gasteiger partial charge is 0.119 e. The number of ether oxygens (including phenoxy) is 1. The third-order valence-corrected chi connectivity index (χ3v) is 2.60. The van der Waals surface area contributed by atoms with Crippen molar-refractivity contribution in [2.45, 2.75) is 38.2 Å². The second kappa shape index (κ2) is 4.31. The molecule has 0 amide bonds. The van der Waals surface area contributed by atoms with Gasteiger partial charge in [-0.3, -0.25) is 0 Å². The molecule has 70 valence electrons. The summed E-state index contributed by atoms with van der Waals surface area (Å²) in [5, 5.41) is 0. The topological polar surface area (TPSA) is 9.23 Å². The van der Waals surface area contributed by atoms with Crippen molar-refractivity contribution >= 4 is 0 Å². The Kier molecular flexibility index (Phi) is 2.86. The second-order valence-corrected chi connectivity index (χ2v) is 3.69. The summed E-state index contributed by atoms with van der Waals surface area (Å²) >= 11 is 0. The molecule has 0 aromatic heterocycles. The molecular formula is C12H16O. The molecule has 0 atom stereocenters. The van der Waals surface area contributed by atoms with Crippen LogP contribution in [0.25, 0.3) is 0 Å². The van der Waals surface area contributed by atoms with Gasteiger partial charge in [0.05, 0.1) is 6.10 Å². The van der Waals surface area contributed by atoms with Crippen molar-refractivity contribution in [3.63, 3.8) is 0 Å². The molecule has 1 saturated carbocycles. The van der Waals surface area contributed by atoms with Gasteiger partial charge in [0.2, 0.25) is 0 Å². The first kappa shape index (κ1) is 8.61. The molecule has 1 heteroatoms. The van der Waals surface area contributed by atoms with Crippen LogP contribution in [0.4, 0.5) is 0 Å². The fourth-order valence-corrected chi connectivity index (χ4v) is 1.87. The van der Waals surface area contributed by atoms with Crippen molar-refractivity contribution in [2.75, 3.05) is 0 Å². The molecule has 0 radical (unpaired) electrons. The maximum absolute atomic E-state index is 5.86. The number of hydrogen-bond acceptors (Lipinski definition) is 1. The van der Waals surface area contributed by atoms with Crippen LogP contribution in [0.1, 0.15) is 32.1 Å². The number of rotatable bonds is 2. The van der Waals surface area contributed by atoms with Gasteiger partial charge in [-0.15, -0.1) is 0 Å². The molecule has 1 nitrogen and oxygen atoms in total. The molecule has 0 aliphatic heterocycles. The lowest BCUT2D eigenvalue weighted by Crippen LogP contribution is -2.19. The zero-order valence-electron chi connectivity index (χ0n) is 7.91. The predicted octanol–water partition coefficient (Wildman–Crippen LogP) is 3.40. The van der Waals surface area contributed by atoms with Crippen molar-refractivity contribution in [1.29, 1.82) is 0 Å². The Bertz CT molecular complexity index is 237. The summed E-state index contributed by atoms with van der Waals surface area (Å²) in [5.41, 5.74) is 0. The Morgan fingerprint density at radius 3 is 2.31 bits per heavy atom. The number of para-hydroxylation sites is 1. The third-order valence-electron chi connectivity index (χ3n) is 2.60. The summed E-state index contributed by atoms with van der Waals surface area (Å²) in [6.45, 7) is 0. The van der Waals surface area contributed by atoms with Crippen LogP contribution in [-0.2, 0) is 0 Å². The van der Waals surface area contributed by atoms with E-state index in [1.165, 1.54) is 32.1 Å². The van der Waals surface area contributed by atoms with E-state index in [1.807, 2.05) is 30.3 Å². The van der Waals surface area contributed by atoms with Crippen LogP contribution in [0.3, 0.4) is 0 Å². The van der Waals surface area contributed by atoms with Crippen molar-refractivity contribution in [3.05, 3.63) is 30.3 Å². The van der Waals surface area contributed by atoms with Gasteiger partial charge in [-0.05, 0) is 37.8 Å². The van der Waals surface area contributed by atoms with Crippen LogP contribution in [0.5, 0.6) is 5.75 Å². The monoisotopic (exact) mass is 176 g/mol. The molecule has 1 aliphatic rings. The molecule has 13 heavy (non-hydrogen) atoms. The summed E-state index contributed by atoms with van der Waals surface area (Å²) in [6, 6.07) is 10.1. The lowest BCUT2D eigenvalue weighted by atomic mass is 9.98.